The molecule has 0 bridgehead atoms. The van der Waals surface area contributed by atoms with E-state index in [9.17, 15) is 4.79 Å². The van der Waals surface area contributed by atoms with Crippen LogP contribution >= 0.6 is 0 Å². The average Bonchev–Trinajstić information content (AvgIpc) is 2.44. The van der Waals surface area contributed by atoms with Crippen molar-refractivity contribution in [3.63, 3.8) is 0 Å². The molecule has 0 unspecified atom stereocenters. The number of para-hydroxylation sites is 1. The van der Waals surface area contributed by atoms with E-state index in [2.05, 4.69) is 6.07 Å². The van der Waals surface area contributed by atoms with E-state index in [1.165, 1.54) is 0 Å². The van der Waals surface area contributed by atoms with Gasteiger partial charge >= 0.3 is 5.97 Å². The van der Waals surface area contributed by atoms with Gasteiger partial charge in [0.15, 0.2) is 0 Å². The van der Waals surface area contributed by atoms with Gasteiger partial charge < -0.3 is 15.2 Å². The fourth-order valence-corrected chi connectivity index (χ4v) is 2.63. The van der Waals surface area contributed by atoms with E-state index in [4.69, 9.17) is 15.2 Å². The van der Waals surface area contributed by atoms with Crippen LogP contribution in [0, 0.1) is 5.92 Å². The fourth-order valence-electron chi connectivity index (χ4n) is 2.63. The number of carbonyl (C=O) groups excluding carboxylic acids is 1. The van der Waals surface area contributed by atoms with Crippen molar-refractivity contribution >= 4 is 5.97 Å². The molecular weight excluding hydrogens is 242 g/mol. The van der Waals surface area contributed by atoms with E-state index in [-0.39, 0.29) is 17.8 Å². The maximum Gasteiger partial charge on any atom is 0.305 e. The third-order valence-electron chi connectivity index (χ3n) is 3.62. The first-order valence-electron chi connectivity index (χ1n) is 6.83. The molecule has 2 rings (SSSR count). The molecule has 0 spiro atoms. The highest BCUT2D eigenvalue weighted by Crippen LogP contribution is 2.38. The Morgan fingerprint density at radius 3 is 3.00 bits per heavy atom. The summed E-state index contributed by atoms with van der Waals surface area (Å²) >= 11 is 0. The molecule has 0 aromatic heterocycles. The number of nitrogens with two attached hydrogens (primary N) is 1. The van der Waals surface area contributed by atoms with Gasteiger partial charge in [-0.15, -0.1) is 0 Å². The second-order valence-corrected chi connectivity index (χ2v) is 4.79. The molecule has 0 amide bonds. The maximum atomic E-state index is 11.4. The number of fused-ring (bicyclic) bond motifs is 1. The molecule has 1 aliphatic rings. The van der Waals surface area contributed by atoms with Crippen molar-refractivity contribution in [3.05, 3.63) is 29.8 Å². The zero-order valence-electron chi connectivity index (χ0n) is 11.3. The van der Waals surface area contributed by atoms with Gasteiger partial charge in [0.2, 0.25) is 0 Å². The van der Waals surface area contributed by atoms with Gasteiger partial charge in [-0.25, -0.2) is 0 Å². The molecule has 19 heavy (non-hydrogen) atoms. The van der Waals surface area contributed by atoms with Gasteiger partial charge in [0.1, 0.15) is 5.75 Å². The van der Waals surface area contributed by atoms with E-state index in [0.717, 1.165) is 17.7 Å². The minimum absolute atomic E-state index is 0.142. The Kier molecular flexibility index (Phi) is 4.80. The first-order chi connectivity index (χ1) is 9.26. The van der Waals surface area contributed by atoms with Gasteiger partial charge in [0.05, 0.1) is 13.2 Å². The van der Waals surface area contributed by atoms with Gasteiger partial charge in [0.25, 0.3) is 0 Å². The molecule has 0 fully saturated rings. The van der Waals surface area contributed by atoms with Crippen molar-refractivity contribution in [2.75, 3.05) is 19.8 Å². The van der Waals surface area contributed by atoms with Crippen LogP contribution in [0.2, 0.25) is 0 Å². The Morgan fingerprint density at radius 2 is 2.26 bits per heavy atom. The Labute approximate surface area is 113 Å². The summed E-state index contributed by atoms with van der Waals surface area (Å²) in [6, 6.07) is 7.99. The van der Waals surface area contributed by atoms with Crippen LogP contribution in [0.25, 0.3) is 0 Å². The van der Waals surface area contributed by atoms with E-state index in [1.54, 1.807) is 0 Å². The molecule has 2 atom stereocenters. The summed E-state index contributed by atoms with van der Waals surface area (Å²) in [5.41, 5.74) is 7.06. The van der Waals surface area contributed by atoms with E-state index in [1.807, 2.05) is 25.1 Å². The van der Waals surface area contributed by atoms with Gasteiger partial charge in [-0.2, -0.15) is 0 Å². The lowest BCUT2D eigenvalue weighted by molar-refractivity contribution is -0.143. The van der Waals surface area contributed by atoms with Crippen LogP contribution in [-0.2, 0) is 9.53 Å². The Morgan fingerprint density at radius 1 is 1.47 bits per heavy atom. The van der Waals surface area contributed by atoms with Crippen molar-refractivity contribution in [2.45, 2.75) is 25.7 Å². The highest BCUT2D eigenvalue weighted by atomic mass is 16.5. The quantitative estimate of drug-likeness (QED) is 0.826. The minimum Gasteiger partial charge on any atom is -0.493 e. The van der Waals surface area contributed by atoms with Crippen LogP contribution in [0.15, 0.2) is 24.3 Å². The van der Waals surface area contributed by atoms with Crippen LogP contribution < -0.4 is 10.5 Å². The molecular formula is C15H21NO3. The molecule has 1 heterocycles. The molecule has 0 aliphatic carbocycles. The minimum atomic E-state index is -0.142. The maximum absolute atomic E-state index is 11.4. The number of benzene rings is 1. The van der Waals surface area contributed by atoms with Gasteiger partial charge in [0, 0.05) is 18.3 Å². The number of hydrogen-bond donors (Lipinski definition) is 1. The van der Waals surface area contributed by atoms with Crippen LogP contribution in [0.4, 0.5) is 0 Å². The van der Waals surface area contributed by atoms with Crippen molar-refractivity contribution in [1.82, 2.24) is 0 Å². The van der Waals surface area contributed by atoms with Crippen molar-refractivity contribution in [1.29, 1.82) is 0 Å². The van der Waals surface area contributed by atoms with Gasteiger partial charge in [-0.1, -0.05) is 18.2 Å². The predicted molar refractivity (Wildman–Crippen MR) is 73.1 cm³/mol. The normalized spacial score (nSPS) is 21.4. The molecule has 0 saturated heterocycles. The first kappa shape index (κ1) is 13.9. The lowest BCUT2D eigenvalue weighted by Crippen LogP contribution is -2.31. The Bertz CT molecular complexity index is 433. The molecule has 4 nitrogen and oxygen atoms in total. The van der Waals surface area contributed by atoms with E-state index >= 15 is 0 Å². The summed E-state index contributed by atoms with van der Waals surface area (Å²) in [4.78, 5) is 11.4. The Balaban J connectivity index is 2.01. The summed E-state index contributed by atoms with van der Waals surface area (Å²) < 4.78 is 10.7. The number of ether oxygens (including phenoxy) is 2. The molecule has 0 saturated carbocycles. The number of esters is 1. The number of carbonyl (C=O) groups is 1. The topological polar surface area (TPSA) is 61.5 Å². The third kappa shape index (κ3) is 3.26. The average molecular weight is 263 g/mol. The Hall–Kier alpha value is -1.55. The van der Waals surface area contributed by atoms with E-state index < -0.39 is 0 Å². The SMILES string of the molecule is CCOC(=O)CC[C@@H]1COc2ccccc2[C@H]1CN. The van der Waals surface area contributed by atoms with Gasteiger partial charge in [-0.3, -0.25) is 4.79 Å². The monoisotopic (exact) mass is 263 g/mol. The highest BCUT2D eigenvalue weighted by molar-refractivity contribution is 5.69. The number of hydrogen-bond acceptors (Lipinski definition) is 4. The second kappa shape index (κ2) is 6.57. The summed E-state index contributed by atoms with van der Waals surface area (Å²) in [7, 11) is 0. The van der Waals surface area contributed by atoms with Crippen molar-refractivity contribution in [2.24, 2.45) is 11.7 Å². The predicted octanol–water partition coefficient (Wildman–Crippen LogP) is 2.08. The smallest absolute Gasteiger partial charge is 0.305 e. The molecule has 4 heteroatoms. The van der Waals surface area contributed by atoms with Crippen molar-refractivity contribution in [3.8, 4) is 5.75 Å². The molecule has 1 aromatic rings. The second-order valence-electron chi connectivity index (χ2n) is 4.79. The van der Waals surface area contributed by atoms with E-state index in [0.29, 0.717) is 26.2 Å². The molecule has 0 radical (unpaired) electrons. The highest BCUT2D eigenvalue weighted by Gasteiger charge is 2.29. The zero-order chi connectivity index (χ0) is 13.7. The first-order valence-corrected chi connectivity index (χ1v) is 6.83. The number of rotatable bonds is 5. The summed E-state index contributed by atoms with van der Waals surface area (Å²) in [6.45, 7) is 3.45. The molecule has 1 aromatic carbocycles. The third-order valence-corrected chi connectivity index (χ3v) is 3.62. The van der Waals surface area contributed by atoms with Crippen LogP contribution in [0.1, 0.15) is 31.2 Å². The van der Waals surface area contributed by atoms with Crippen LogP contribution in [-0.4, -0.2) is 25.7 Å². The fraction of sp³-hybridized carbons (Fsp3) is 0.533. The summed E-state index contributed by atoms with van der Waals surface area (Å²) in [5, 5.41) is 0. The standard InChI is InChI=1S/C15H21NO3/c1-2-18-15(17)8-7-11-10-19-14-6-4-3-5-12(14)13(11)9-16/h3-6,11,13H,2,7-10,16H2,1H3/t11-,13+/m1/s1. The molecule has 1 aliphatic heterocycles. The van der Waals surface area contributed by atoms with Gasteiger partial charge in [-0.05, 0) is 31.5 Å². The summed E-state index contributed by atoms with van der Waals surface area (Å²) in [5.74, 6) is 1.33. The van der Waals surface area contributed by atoms with Crippen LogP contribution in [0.3, 0.4) is 0 Å². The van der Waals surface area contributed by atoms with Crippen LogP contribution in [0.5, 0.6) is 5.75 Å². The largest absolute Gasteiger partial charge is 0.493 e. The molecule has 2 N–H and O–H groups in total. The van der Waals surface area contributed by atoms with Crippen molar-refractivity contribution < 1.29 is 14.3 Å². The zero-order valence-corrected chi connectivity index (χ0v) is 11.3. The lowest BCUT2D eigenvalue weighted by atomic mass is 9.81. The summed E-state index contributed by atoms with van der Waals surface area (Å²) in [6.07, 6.45) is 1.19. The molecule has 104 valence electrons. The lowest BCUT2D eigenvalue weighted by Gasteiger charge is -2.32.